The zero-order chi connectivity index (χ0) is 59.1. The summed E-state index contributed by atoms with van der Waals surface area (Å²) in [7, 11) is 2.87. The molecule has 5 amide bonds. The second-order valence-corrected chi connectivity index (χ2v) is 22.4. The fourth-order valence-corrected chi connectivity index (χ4v) is 11.1. The van der Waals surface area contributed by atoms with E-state index >= 15 is 0 Å². The van der Waals surface area contributed by atoms with Gasteiger partial charge < -0.3 is 34.1 Å². The monoisotopic (exact) mass is 1130 g/mol. The van der Waals surface area contributed by atoms with Crippen LogP contribution < -0.4 is 19.5 Å². The van der Waals surface area contributed by atoms with Crippen LogP contribution >= 0.6 is 0 Å². The van der Waals surface area contributed by atoms with Crippen molar-refractivity contribution in [1.82, 2.24) is 20.0 Å². The van der Waals surface area contributed by atoms with E-state index in [1.807, 2.05) is 75.6 Å². The summed E-state index contributed by atoms with van der Waals surface area (Å²) < 4.78 is 22.9. The molecule has 1 N–H and O–H groups in total. The van der Waals surface area contributed by atoms with E-state index in [1.54, 1.807) is 66.4 Å². The van der Waals surface area contributed by atoms with Crippen LogP contribution in [0.4, 0.5) is 11.4 Å². The van der Waals surface area contributed by atoms with Gasteiger partial charge in [0, 0.05) is 100 Å². The maximum Gasteiger partial charge on any atom is 0.337 e. The molecule has 5 aliphatic rings. The molecule has 4 aromatic rings. The number of carbonyl (C=O) groups excluding carboxylic acids is 8. The third-order valence-corrected chi connectivity index (χ3v) is 16.0. The lowest BCUT2D eigenvalue weighted by Crippen LogP contribution is -2.45. The van der Waals surface area contributed by atoms with Crippen molar-refractivity contribution in [1.29, 1.82) is 0 Å². The summed E-state index contributed by atoms with van der Waals surface area (Å²) in [5.74, 6) is -1.04. The van der Waals surface area contributed by atoms with Crippen molar-refractivity contribution in [2.45, 2.75) is 123 Å². The zero-order valence-electron chi connectivity index (χ0n) is 48.2. The van der Waals surface area contributed by atoms with E-state index in [4.69, 9.17) is 28.9 Å². The molecule has 0 spiro atoms. The number of amides is 5. The van der Waals surface area contributed by atoms with Crippen molar-refractivity contribution in [2.75, 3.05) is 34.0 Å². The molecule has 1 fully saturated rings. The molecule has 434 valence electrons. The number of hydrogen-bond donors (Lipinski definition) is 1. The minimum Gasteiger partial charge on any atom is -0.493 e. The van der Waals surface area contributed by atoms with Crippen LogP contribution in [0.1, 0.15) is 145 Å². The van der Waals surface area contributed by atoms with Crippen molar-refractivity contribution >= 4 is 82.0 Å². The Morgan fingerprint density at radius 1 is 0.675 bits per heavy atom. The number of ketones is 2. The average molecular weight is 1130 g/mol. The van der Waals surface area contributed by atoms with Crippen molar-refractivity contribution in [2.24, 2.45) is 27.7 Å². The van der Waals surface area contributed by atoms with E-state index in [2.05, 4.69) is 5.32 Å². The van der Waals surface area contributed by atoms with Gasteiger partial charge in [-0.3, -0.25) is 48.4 Å². The number of aryl methyl sites for hydroxylation is 2. The third-order valence-electron chi connectivity index (χ3n) is 16.0. The largest absolute Gasteiger partial charge is 0.493 e. The predicted molar refractivity (Wildman–Crippen MR) is 313 cm³/mol. The molecule has 0 saturated carbocycles. The number of unbranched alkanes of at least 4 members (excludes halogenated alkanes) is 2. The Balaban J connectivity index is 0.717. The summed E-state index contributed by atoms with van der Waals surface area (Å²) in [5.41, 5.74) is 7.85. The lowest BCUT2D eigenvalue weighted by atomic mass is 9.89. The number of ether oxygens (including phenoxy) is 4. The lowest BCUT2D eigenvalue weighted by Gasteiger charge is -2.22. The number of benzene rings is 4. The van der Waals surface area contributed by atoms with Gasteiger partial charge in [-0.05, 0) is 89.8 Å². The molecule has 83 heavy (non-hydrogen) atoms. The smallest absolute Gasteiger partial charge is 0.337 e. The van der Waals surface area contributed by atoms with Crippen LogP contribution in [0.25, 0.3) is 11.1 Å². The second-order valence-electron chi connectivity index (χ2n) is 22.4. The van der Waals surface area contributed by atoms with Gasteiger partial charge in [0.25, 0.3) is 11.8 Å². The third kappa shape index (κ3) is 13.5. The highest BCUT2D eigenvalue weighted by molar-refractivity contribution is 6.07. The second kappa shape index (κ2) is 26.1. The first-order chi connectivity index (χ1) is 39.9. The highest BCUT2D eigenvalue weighted by Gasteiger charge is 2.37. The summed E-state index contributed by atoms with van der Waals surface area (Å²) in [6.07, 6.45) is 12.0. The molecule has 5 atom stereocenters. The molecule has 0 aliphatic carbocycles. The number of nitrogens with one attached hydrogen (secondary N) is 1. The maximum atomic E-state index is 14.1. The molecule has 0 radical (unpaired) electrons. The van der Waals surface area contributed by atoms with Gasteiger partial charge in [-0.25, -0.2) is 4.79 Å². The van der Waals surface area contributed by atoms with Gasteiger partial charge in [0.1, 0.15) is 11.5 Å². The van der Waals surface area contributed by atoms with Crippen molar-refractivity contribution < 1.29 is 57.3 Å². The summed E-state index contributed by atoms with van der Waals surface area (Å²) in [6.45, 7) is 10.1. The number of aliphatic imine (C=N–C) groups is 2. The molecular formula is C65H72N6O12. The number of esters is 1. The van der Waals surface area contributed by atoms with Gasteiger partial charge >= 0.3 is 5.97 Å². The number of fused-ring (bicyclic) bond motifs is 4. The SMILES string of the molecule is COC(=O)c1ccc(C2=CN3C(=O)c4cc(C)c(OCCCOc5cc6c(cc5OC)C(=O)N5C=C(c7ccc(CCC(=O)[C@H](C)CC(=O)[C@@H](NC(=O)CCCCCN8C(=O)CC(C)C8=O)C(C)C)cc7)C[C@H]5C=N6)cc4N=C[C@@H]3C2)cc1. The van der Waals surface area contributed by atoms with E-state index in [1.165, 1.54) is 19.1 Å². The number of nitrogens with zero attached hydrogens (tertiary/aromatic N) is 5. The number of rotatable bonds is 25. The van der Waals surface area contributed by atoms with E-state index in [0.717, 1.165) is 33.4 Å². The van der Waals surface area contributed by atoms with E-state index in [9.17, 15) is 38.4 Å². The van der Waals surface area contributed by atoms with Gasteiger partial charge in [-0.1, -0.05) is 70.5 Å². The van der Waals surface area contributed by atoms with E-state index in [0.29, 0.717) is 103 Å². The van der Waals surface area contributed by atoms with Crippen molar-refractivity contribution in [3.63, 3.8) is 0 Å². The highest BCUT2D eigenvalue weighted by atomic mass is 16.5. The van der Waals surface area contributed by atoms with Crippen LogP contribution in [-0.4, -0.2) is 126 Å². The van der Waals surface area contributed by atoms with Gasteiger partial charge in [0.15, 0.2) is 17.3 Å². The average Bonchev–Trinajstić information content (AvgIpc) is 3.69. The van der Waals surface area contributed by atoms with Crippen molar-refractivity contribution in [3.05, 3.63) is 124 Å². The molecule has 1 unspecified atom stereocenters. The first-order valence-electron chi connectivity index (χ1n) is 28.7. The predicted octanol–water partition coefficient (Wildman–Crippen LogP) is 9.77. The molecule has 9 rings (SSSR count). The van der Waals surface area contributed by atoms with Crippen LogP contribution in [-0.2, 0) is 35.1 Å². The van der Waals surface area contributed by atoms with E-state index in [-0.39, 0.29) is 97.3 Å². The fourth-order valence-electron chi connectivity index (χ4n) is 11.1. The minimum absolute atomic E-state index is 0.0253. The Labute approximate surface area is 484 Å². The van der Waals surface area contributed by atoms with Crippen LogP contribution in [0.5, 0.6) is 17.2 Å². The van der Waals surface area contributed by atoms with Crippen LogP contribution in [0.2, 0.25) is 0 Å². The van der Waals surface area contributed by atoms with Crippen LogP contribution in [0.3, 0.4) is 0 Å². The quantitative estimate of drug-likeness (QED) is 0.0372. The highest BCUT2D eigenvalue weighted by Crippen LogP contribution is 2.41. The fraction of sp³-hybridized carbons (Fsp3) is 0.415. The van der Waals surface area contributed by atoms with Crippen LogP contribution in [0.15, 0.2) is 95.2 Å². The summed E-state index contributed by atoms with van der Waals surface area (Å²) >= 11 is 0. The standard InChI is InChI=1S/C65H72N6O12/c1-38(2)61(68-59(74)12-9-8-10-23-69-60(75)28-41(5)62(69)76)55(73)27-39(3)54(72)22-15-42-13-16-43(17-14-42)46-29-49-35-67-53-33-58(57(80-6)31-51(53)64(78)71(49)36-46)83-25-11-24-82-56-32-52-50(26-40(56)4)63(77)70-37-47(30-48(70)34-66-52)44-18-20-45(21-19-44)65(79)81-7/h13-14,16-21,26,31-39,41,48-49,61H,8-12,15,22-25,27-30H2,1-7H3,(H,68,74)/t39-,41?,48+,49+,61+/m1/s1. The molecule has 0 bridgehead atoms. The molecule has 0 aromatic heterocycles. The van der Waals surface area contributed by atoms with Gasteiger partial charge in [0.05, 0.1) is 73.6 Å². The van der Waals surface area contributed by atoms with Crippen LogP contribution in [0, 0.1) is 24.7 Å². The van der Waals surface area contributed by atoms with E-state index < -0.39 is 17.9 Å². The number of hydrogen-bond acceptors (Lipinski definition) is 14. The Morgan fingerprint density at radius 3 is 1.84 bits per heavy atom. The molecule has 1 saturated heterocycles. The topological polar surface area (TPSA) is 220 Å². The number of Topliss-reactive ketones (excluding diaryl/α,β-unsaturated/α-hetero) is 2. The minimum atomic E-state index is -0.710. The first kappa shape index (κ1) is 59.1. The van der Waals surface area contributed by atoms with Gasteiger partial charge in [-0.2, -0.15) is 0 Å². The Kier molecular flexibility index (Phi) is 18.6. The number of likely N-dealkylation sites (tertiary alicyclic amines) is 1. The van der Waals surface area contributed by atoms with Crippen molar-refractivity contribution in [3.8, 4) is 17.2 Å². The number of methoxy groups -OCH3 is 2. The Bertz CT molecular complexity index is 3320. The number of carbonyl (C=O) groups is 8. The maximum absolute atomic E-state index is 14.1. The molecule has 5 aliphatic heterocycles. The van der Waals surface area contributed by atoms with Gasteiger partial charge in [-0.15, -0.1) is 0 Å². The number of imide groups is 1. The molecule has 18 heteroatoms. The normalized spacial score (nSPS) is 18.6. The molecule has 5 heterocycles. The molecule has 4 aromatic carbocycles. The van der Waals surface area contributed by atoms with Gasteiger partial charge in [0.2, 0.25) is 17.7 Å². The summed E-state index contributed by atoms with van der Waals surface area (Å²) in [5, 5.41) is 2.88. The Hall–Kier alpha value is -8.54. The summed E-state index contributed by atoms with van der Waals surface area (Å²) in [6, 6.07) is 20.8. The zero-order valence-corrected chi connectivity index (χ0v) is 48.2. The molecular weight excluding hydrogens is 1060 g/mol. The lowest BCUT2D eigenvalue weighted by molar-refractivity contribution is -0.139. The summed E-state index contributed by atoms with van der Waals surface area (Å²) in [4.78, 5) is 118. The Morgan fingerprint density at radius 2 is 1.27 bits per heavy atom. The first-order valence-corrected chi connectivity index (χ1v) is 28.7. The molecule has 18 nitrogen and oxygen atoms in total.